The average molecular weight is 563 g/mol. The van der Waals surface area contributed by atoms with Gasteiger partial charge in [0, 0.05) is 35.6 Å². The number of carbonyl (C=O) groups excluding carboxylic acids is 2. The van der Waals surface area contributed by atoms with Crippen molar-refractivity contribution in [2.75, 3.05) is 10.6 Å². The van der Waals surface area contributed by atoms with E-state index in [1.165, 1.54) is 18.6 Å². The van der Waals surface area contributed by atoms with Crippen molar-refractivity contribution in [3.8, 4) is 0 Å². The summed E-state index contributed by atoms with van der Waals surface area (Å²) in [5.74, 6) is -1.70. The Balaban J connectivity index is 1.30. The highest BCUT2D eigenvalue weighted by Crippen LogP contribution is 2.34. The molecule has 8 nitrogen and oxygen atoms in total. The molecule has 1 saturated carbocycles. The van der Waals surface area contributed by atoms with Crippen LogP contribution in [-0.2, 0) is 22.2 Å². The Hall–Kier alpha value is -4.54. The summed E-state index contributed by atoms with van der Waals surface area (Å²) in [5, 5.41) is 9.57. The molecule has 2 aromatic carbocycles. The number of alkyl halides is 3. The molecule has 0 spiro atoms. The third-order valence-electron chi connectivity index (χ3n) is 7.12. The molecular formula is C30H29F3N6O2. The van der Waals surface area contributed by atoms with Crippen LogP contribution in [0.4, 0.5) is 24.7 Å². The van der Waals surface area contributed by atoms with Crippen molar-refractivity contribution in [1.82, 2.24) is 20.3 Å². The number of aromatic nitrogens is 3. The summed E-state index contributed by atoms with van der Waals surface area (Å²) in [5.41, 5.74) is 0.473. The maximum Gasteiger partial charge on any atom is 0.433 e. The first kappa shape index (κ1) is 28.0. The van der Waals surface area contributed by atoms with Crippen LogP contribution in [0.2, 0.25) is 0 Å². The Morgan fingerprint density at radius 3 is 2.46 bits per heavy atom. The van der Waals surface area contributed by atoms with Gasteiger partial charge in [-0.25, -0.2) is 9.97 Å². The molecule has 0 saturated heterocycles. The molecule has 1 fully saturated rings. The molecule has 3 N–H and O–H groups in total. The summed E-state index contributed by atoms with van der Waals surface area (Å²) < 4.78 is 40.6. The molecule has 1 aliphatic rings. The third kappa shape index (κ3) is 7.16. The summed E-state index contributed by atoms with van der Waals surface area (Å²) in [6, 6.07) is 16.5. The van der Waals surface area contributed by atoms with E-state index in [0.29, 0.717) is 23.9 Å². The smallest absolute Gasteiger partial charge is 0.382 e. The number of para-hydroxylation sites is 1. The van der Waals surface area contributed by atoms with E-state index in [4.69, 9.17) is 0 Å². The normalized spacial score (nSPS) is 17.9. The largest absolute Gasteiger partial charge is 0.433 e. The standard InChI is InChI=1S/C30H29F3N6O2/c31-30(32,33)26-17-25(22-11-4-5-12-24(22)38-26)36-20-9-6-10-21(16-20)37-28(40)23(15-19-7-2-1-3-8-19)29(41)39-27-18-34-13-14-35-27/h1-5,7-8,11-14,17-18,20-21,23H,6,9-10,15-16H2,(H,36,38)(H,37,40)(H,35,39,41)/t20-,21+,23-/m0/s1. The number of nitrogens with zero attached hydrogens (tertiary/aromatic N) is 3. The maximum absolute atomic E-state index is 13.5. The van der Waals surface area contributed by atoms with Crippen molar-refractivity contribution >= 4 is 34.2 Å². The number of hydrogen-bond acceptors (Lipinski definition) is 6. The number of anilines is 2. The lowest BCUT2D eigenvalue weighted by molar-refractivity contribution is -0.141. The van der Waals surface area contributed by atoms with E-state index in [0.717, 1.165) is 24.5 Å². The number of amides is 2. The molecule has 2 aromatic heterocycles. The Kier molecular flexibility index (Phi) is 8.42. The Morgan fingerprint density at radius 2 is 1.71 bits per heavy atom. The van der Waals surface area contributed by atoms with Gasteiger partial charge in [0.15, 0.2) is 5.82 Å². The highest BCUT2D eigenvalue weighted by Gasteiger charge is 2.34. The van der Waals surface area contributed by atoms with Gasteiger partial charge in [-0.15, -0.1) is 0 Å². The number of fused-ring (bicyclic) bond motifs is 1. The molecule has 2 amide bonds. The van der Waals surface area contributed by atoms with Crippen LogP contribution in [0.15, 0.2) is 79.3 Å². The van der Waals surface area contributed by atoms with E-state index in [-0.39, 0.29) is 29.8 Å². The van der Waals surface area contributed by atoms with Gasteiger partial charge in [-0.05, 0) is 49.8 Å². The van der Waals surface area contributed by atoms with Crippen LogP contribution < -0.4 is 16.0 Å². The quantitative estimate of drug-likeness (QED) is 0.249. The summed E-state index contributed by atoms with van der Waals surface area (Å²) in [6.07, 6.45) is 2.61. The summed E-state index contributed by atoms with van der Waals surface area (Å²) in [7, 11) is 0. The molecule has 3 atom stereocenters. The molecule has 1 aliphatic carbocycles. The summed E-state index contributed by atoms with van der Waals surface area (Å²) >= 11 is 0. The molecule has 41 heavy (non-hydrogen) atoms. The highest BCUT2D eigenvalue weighted by atomic mass is 19.4. The molecular weight excluding hydrogens is 533 g/mol. The predicted octanol–water partition coefficient (Wildman–Crippen LogP) is 5.38. The molecule has 11 heteroatoms. The first-order valence-electron chi connectivity index (χ1n) is 13.4. The van der Waals surface area contributed by atoms with Crippen LogP contribution in [0.5, 0.6) is 0 Å². The molecule has 4 aromatic rings. The fourth-order valence-electron chi connectivity index (χ4n) is 5.14. The van der Waals surface area contributed by atoms with Gasteiger partial charge < -0.3 is 16.0 Å². The van der Waals surface area contributed by atoms with Gasteiger partial charge in [0.25, 0.3) is 0 Å². The molecule has 0 unspecified atom stereocenters. The van der Waals surface area contributed by atoms with E-state index in [1.807, 2.05) is 30.3 Å². The Labute approximate surface area is 234 Å². The van der Waals surface area contributed by atoms with Crippen LogP contribution in [0, 0.1) is 5.92 Å². The SMILES string of the molecule is O=C(Nc1cnccn1)[C@@H](Cc1ccccc1)C(=O)N[C@@H]1CCC[C@H](Nc2cc(C(F)(F)F)nc3ccccc23)C1. The lowest BCUT2D eigenvalue weighted by Gasteiger charge is -2.32. The second kappa shape index (κ2) is 12.3. The number of benzene rings is 2. The van der Waals surface area contributed by atoms with Gasteiger partial charge in [0.05, 0.1) is 11.7 Å². The second-order valence-corrected chi connectivity index (χ2v) is 10.1. The van der Waals surface area contributed by atoms with E-state index < -0.39 is 29.6 Å². The number of hydrogen-bond donors (Lipinski definition) is 3. The number of carbonyl (C=O) groups is 2. The first-order chi connectivity index (χ1) is 19.8. The van der Waals surface area contributed by atoms with Crippen molar-refractivity contribution in [3.63, 3.8) is 0 Å². The minimum atomic E-state index is -4.58. The molecule has 212 valence electrons. The second-order valence-electron chi connectivity index (χ2n) is 10.1. The first-order valence-corrected chi connectivity index (χ1v) is 13.4. The Morgan fingerprint density at radius 1 is 0.951 bits per heavy atom. The van der Waals surface area contributed by atoms with E-state index in [2.05, 4.69) is 30.9 Å². The minimum Gasteiger partial charge on any atom is -0.382 e. The van der Waals surface area contributed by atoms with Gasteiger partial charge in [0.1, 0.15) is 11.6 Å². The fraction of sp³-hybridized carbons (Fsp3) is 0.300. The minimum absolute atomic E-state index is 0.179. The monoisotopic (exact) mass is 562 g/mol. The van der Waals surface area contributed by atoms with E-state index in [1.54, 1.807) is 24.3 Å². The fourth-order valence-corrected chi connectivity index (χ4v) is 5.14. The van der Waals surface area contributed by atoms with Gasteiger partial charge >= 0.3 is 6.18 Å². The van der Waals surface area contributed by atoms with Crippen molar-refractivity contribution in [2.24, 2.45) is 5.92 Å². The number of pyridine rings is 1. The van der Waals surface area contributed by atoms with Gasteiger partial charge in [-0.1, -0.05) is 48.5 Å². The van der Waals surface area contributed by atoms with Gasteiger partial charge in [-0.3, -0.25) is 14.6 Å². The Bertz CT molecular complexity index is 1500. The van der Waals surface area contributed by atoms with E-state index in [9.17, 15) is 22.8 Å². The van der Waals surface area contributed by atoms with Crippen LogP contribution in [0.3, 0.4) is 0 Å². The van der Waals surface area contributed by atoms with Crippen LogP contribution in [-0.4, -0.2) is 38.8 Å². The molecule has 5 rings (SSSR count). The van der Waals surface area contributed by atoms with Gasteiger partial charge in [-0.2, -0.15) is 13.2 Å². The zero-order valence-corrected chi connectivity index (χ0v) is 22.1. The van der Waals surface area contributed by atoms with Crippen molar-refractivity contribution in [2.45, 2.75) is 50.4 Å². The van der Waals surface area contributed by atoms with Crippen molar-refractivity contribution < 1.29 is 22.8 Å². The topological polar surface area (TPSA) is 109 Å². The highest BCUT2D eigenvalue weighted by molar-refractivity contribution is 6.06. The van der Waals surface area contributed by atoms with Crippen LogP contribution >= 0.6 is 0 Å². The van der Waals surface area contributed by atoms with Crippen LogP contribution in [0.1, 0.15) is 36.9 Å². The van der Waals surface area contributed by atoms with Gasteiger partial charge in [0.2, 0.25) is 11.8 Å². The average Bonchev–Trinajstić information content (AvgIpc) is 2.96. The molecule has 0 aliphatic heterocycles. The molecule has 2 heterocycles. The zero-order valence-electron chi connectivity index (χ0n) is 22.1. The lowest BCUT2D eigenvalue weighted by atomic mass is 9.89. The summed E-state index contributed by atoms with van der Waals surface area (Å²) in [4.78, 5) is 38.5. The maximum atomic E-state index is 13.5. The summed E-state index contributed by atoms with van der Waals surface area (Å²) in [6.45, 7) is 0. The van der Waals surface area contributed by atoms with E-state index >= 15 is 0 Å². The third-order valence-corrected chi connectivity index (χ3v) is 7.12. The number of rotatable bonds is 8. The van der Waals surface area contributed by atoms with Crippen molar-refractivity contribution in [3.05, 3.63) is 90.5 Å². The number of halogens is 3. The van der Waals surface area contributed by atoms with Crippen LogP contribution in [0.25, 0.3) is 10.9 Å². The molecule has 0 radical (unpaired) electrons. The van der Waals surface area contributed by atoms with Crippen molar-refractivity contribution in [1.29, 1.82) is 0 Å². The number of nitrogens with one attached hydrogen (secondary N) is 3. The predicted molar refractivity (Wildman–Crippen MR) is 149 cm³/mol. The molecule has 0 bridgehead atoms. The zero-order chi connectivity index (χ0) is 28.8. The lowest BCUT2D eigenvalue weighted by Crippen LogP contribution is -2.47.